The van der Waals surface area contributed by atoms with E-state index in [4.69, 9.17) is 23.7 Å². The average molecular weight is 551 g/mol. The lowest BCUT2D eigenvalue weighted by atomic mass is 9.96. The molecule has 39 heavy (non-hydrogen) atoms. The lowest BCUT2D eigenvalue weighted by Crippen LogP contribution is -2.65. The molecule has 2 aliphatic heterocycles. The van der Waals surface area contributed by atoms with Crippen LogP contribution in [0.1, 0.15) is 20.7 Å². The lowest BCUT2D eigenvalue weighted by Gasteiger charge is -2.46. The number of carbonyl (C=O) groups excluding carboxylic acids is 2. The topological polar surface area (TPSA) is 202 Å². The van der Waals surface area contributed by atoms with Crippen LogP contribution in [0.15, 0.2) is 60.7 Å². The van der Waals surface area contributed by atoms with Gasteiger partial charge in [0.25, 0.3) is 0 Å². The summed E-state index contributed by atoms with van der Waals surface area (Å²) in [6, 6.07) is 15.5. The van der Waals surface area contributed by atoms with Gasteiger partial charge in [-0.05, 0) is 24.3 Å². The summed E-state index contributed by atoms with van der Waals surface area (Å²) in [6.45, 7) is -1.52. The molecule has 0 amide bonds. The van der Waals surface area contributed by atoms with Crippen molar-refractivity contribution in [2.45, 2.75) is 61.4 Å². The van der Waals surface area contributed by atoms with Gasteiger partial charge in [-0.25, -0.2) is 9.59 Å². The van der Waals surface area contributed by atoms with Crippen molar-refractivity contribution in [1.82, 2.24) is 0 Å². The summed E-state index contributed by atoms with van der Waals surface area (Å²) in [5.41, 5.74) is 0.229. The van der Waals surface area contributed by atoms with Gasteiger partial charge in [0.05, 0.1) is 24.3 Å². The Kier molecular flexibility index (Phi) is 9.61. The Balaban J connectivity index is 1.66. The van der Waals surface area contributed by atoms with Gasteiger partial charge in [-0.15, -0.1) is 0 Å². The van der Waals surface area contributed by atoms with E-state index >= 15 is 0 Å². The second kappa shape index (κ2) is 12.9. The Morgan fingerprint density at radius 3 is 1.67 bits per heavy atom. The zero-order valence-corrected chi connectivity index (χ0v) is 20.5. The van der Waals surface area contributed by atoms with Gasteiger partial charge < -0.3 is 54.3 Å². The van der Waals surface area contributed by atoms with E-state index in [1.54, 1.807) is 36.4 Å². The normalized spacial score (nSPS) is 34.7. The molecule has 2 fully saturated rings. The number of hydrogen-bond donors (Lipinski definition) is 6. The summed E-state index contributed by atoms with van der Waals surface area (Å²) >= 11 is 0. The second-order valence-electron chi connectivity index (χ2n) is 9.02. The predicted octanol–water partition coefficient (Wildman–Crippen LogP) is -1.67. The van der Waals surface area contributed by atoms with Crippen molar-refractivity contribution < 1.29 is 63.9 Å². The van der Waals surface area contributed by atoms with E-state index in [0.29, 0.717) is 0 Å². The minimum atomic E-state index is -1.88. The van der Waals surface area contributed by atoms with Crippen molar-refractivity contribution >= 4 is 11.9 Å². The number of ether oxygens (including phenoxy) is 5. The molecule has 0 aromatic heterocycles. The van der Waals surface area contributed by atoms with Crippen molar-refractivity contribution in [3.05, 3.63) is 71.8 Å². The number of rotatable bonds is 8. The summed E-state index contributed by atoms with van der Waals surface area (Å²) in [5.74, 6) is -1.78. The van der Waals surface area contributed by atoms with Gasteiger partial charge in [0.15, 0.2) is 24.8 Å². The molecule has 0 aliphatic carbocycles. The van der Waals surface area contributed by atoms with Crippen LogP contribution in [0.5, 0.6) is 0 Å². The van der Waals surface area contributed by atoms with E-state index in [0.717, 1.165) is 0 Å². The first-order chi connectivity index (χ1) is 18.7. The van der Waals surface area contributed by atoms with E-state index in [-0.39, 0.29) is 11.1 Å². The van der Waals surface area contributed by atoms with Gasteiger partial charge in [-0.3, -0.25) is 0 Å². The smallest absolute Gasteiger partial charge is 0.338 e. The van der Waals surface area contributed by atoms with E-state index in [2.05, 4.69) is 0 Å². The predicted molar refractivity (Wildman–Crippen MR) is 128 cm³/mol. The van der Waals surface area contributed by atoms with E-state index in [1.807, 2.05) is 0 Å². The third-order valence-corrected chi connectivity index (χ3v) is 6.43. The van der Waals surface area contributed by atoms with Gasteiger partial charge in [-0.2, -0.15) is 0 Å². The molecule has 13 heteroatoms. The van der Waals surface area contributed by atoms with Gasteiger partial charge in [-0.1, -0.05) is 36.4 Å². The van der Waals surface area contributed by atoms with Gasteiger partial charge >= 0.3 is 11.9 Å². The SMILES string of the molecule is O=C(O[C@@H]1[C@@H](OC(=O)c2ccccc2)[C@H](O)O[C@H](CO)[C@@H]1O[C@H]1O[C@H](CO)[C@H](O)[C@H](O)[C@H]1O)c1ccccc1. The van der Waals surface area contributed by atoms with Crippen LogP contribution in [0, 0.1) is 0 Å². The fourth-order valence-corrected chi connectivity index (χ4v) is 4.33. The summed E-state index contributed by atoms with van der Waals surface area (Å²) in [4.78, 5) is 25.9. The Labute approximate surface area is 222 Å². The first-order valence-electron chi connectivity index (χ1n) is 12.2. The van der Waals surface area contributed by atoms with Gasteiger partial charge in [0.1, 0.15) is 36.6 Å². The minimum Gasteiger partial charge on any atom is -0.452 e. The van der Waals surface area contributed by atoms with Crippen LogP contribution in [0.25, 0.3) is 0 Å². The van der Waals surface area contributed by atoms with Crippen LogP contribution < -0.4 is 0 Å². The molecule has 0 radical (unpaired) electrons. The quantitative estimate of drug-likeness (QED) is 0.204. The summed E-state index contributed by atoms with van der Waals surface area (Å²) in [6.07, 6.45) is -16.5. The molecule has 0 saturated carbocycles. The Bertz CT molecular complexity index is 1080. The standard InChI is InChI=1S/C26H30O13/c27-11-15-17(29)18(30)19(31)26(36-15)39-20-16(12-28)35-25(34)22(38-24(33)14-9-5-2-6-10-14)21(20)37-23(32)13-7-3-1-4-8-13/h1-10,15-22,25-31,34H,11-12H2/t15-,16-,17+,18+,19-,20+,21+,22-,25-,26-/m1/s1. The number of aliphatic hydroxyl groups is 6. The molecule has 4 rings (SSSR count). The highest BCUT2D eigenvalue weighted by atomic mass is 16.7. The Hall–Kier alpha value is -2.98. The first kappa shape index (κ1) is 29.0. The van der Waals surface area contributed by atoms with Crippen molar-refractivity contribution in [2.75, 3.05) is 13.2 Å². The van der Waals surface area contributed by atoms with Crippen LogP contribution >= 0.6 is 0 Å². The summed E-state index contributed by atoms with van der Waals surface area (Å²) in [5, 5.41) is 60.9. The fourth-order valence-electron chi connectivity index (χ4n) is 4.33. The molecular formula is C26H30O13. The van der Waals surface area contributed by atoms with E-state index in [1.165, 1.54) is 24.3 Å². The highest BCUT2D eigenvalue weighted by Gasteiger charge is 2.54. The number of benzene rings is 2. The Morgan fingerprint density at radius 2 is 1.15 bits per heavy atom. The molecule has 6 N–H and O–H groups in total. The van der Waals surface area contributed by atoms with Crippen molar-refractivity contribution in [2.24, 2.45) is 0 Å². The highest BCUT2D eigenvalue weighted by Crippen LogP contribution is 2.32. The molecule has 2 aromatic carbocycles. The van der Waals surface area contributed by atoms with Gasteiger partial charge in [0.2, 0.25) is 0 Å². The van der Waals surface area contributed by atoms with Crippen molar-refractivity contribution in [1.29, 1.82) is 0 Å². The first-order valence-corrected chi connectivity index (χ1v) is 12.2. The van der Waals surface area contributed by atoms with Gasteiger partial charge in [0, 0.05) is 0 Å². The van der Waals surface area contributed by atoms with Crippen molar-refractivity contribution in [3.8, 4) is 0 Å². The molecule has 0 spiro atoms. The number of aliphatic hydroxyl groups excluding tert-OH is 6. The van der Waals surface area contributed by atoms with Crippen molar-refractivity contribution in [3.63, 3.8) is 0 Å². The zero-order chi connectivity index (χ0) is 28.1. The molecule has 13 nitrogen and oxygen atoms in total. The third-order valence-electron chi connectivity index (χ3n) is 6.43. The van der Waals surface area contributed by atoms with E-state index < -0.39 is 86.6 Å². The fraction of sp³-hybridized carbons (Fsp3) is 0.462. The maximum absolute atomic E-state index is 13.0. The second-order valence-corrected chi connectivity index (χ2v) is 9.02. The minimum absolute atomic E-state index is 0.110. The number of hydrogen-bond acceptors (Lipinski definition) is 13. The number of carbonyl (C=O) groups is 2. The molecule has 0 bridgehead atoms. The summed E-state index contributed by atoms with van der Waals surface area (Å²) < 4.78 is 27.7. The molecule has 2 saturated heterocycles. The number of esters is 2. The maximum atomic E-state index is 13.0. The average Bonchev–Trinajstić information content (AvgIpc) is 2.96. The third kappa shape index (κ3) is 6.44. The summed E-state index contributed by atoms with van der Waals surface area (Å²) in [7, 11) is 0. The molecule has 2 heterocycles. The van der Waals surface area contributed by atoms with Crippen LogP contribution in [0.2, 0.25) is 0 Å². The Morgan fingerprint density at radius 1 is 0.641 bits per heavy atom. The molecule has 10 atom stereocenters. The highest BCUT2D eigenvalue weighted by molar-refractivity contribution is 5.90. The molecule has 2 aliphatic rings. The maximum Gasteiger partial charge on any atom is 0.338 e. The molecule has 0 unspecified atom stereocenters. The lowest BCUT2D eigenvalue weighted by molar-refractivity contribution is -0.354. The molecule has 2 aromatic rings. The largest absolute Gasteiger partial charge is 0.452 e. The van der Waals surface area contributed by atoms with Crippen LogP contribution in [-0.4, -0.2) is 117 Å². The van der Waals surface area contributed by atoms with E-state index in [9.17, 15) is 40.2 Å². The molecule has 212 valence electrons. The van der Waals surface area contributed by atoms with Crippen LogP contribution in [0.4, 0.5) is 0 Å². The zero-order valence-electron chi connectivity index (χ0n) is 20.5. The molecular weight excluding hydrogens is 520 g/mol. The van der Waals surface area contributed by atoms with Crippen LogP contribution in [-0.2, 0) is 23.7 Å². The monoisotopic (exact) mass is 550 g/mol. The van der Waals surface area contributed by atoms with Crippen LogP contribution in [0.3, 0.4) is 0 Å².